The second kappa shape index (κ2) is 17.9. The molecule has 0 aromatic carbocycles. The molecule has 0 spiro atoms. The Labute approximate surface area is 181 Å². The zero-order valence-electron chi connectivity index (χ0n) is 18.7. The Bertz CT molecular complexity index is 477. The Morgan fingerprint density at radius 2 is 0.933 bits per heavy atom. The van der Waals surface area contributed by atoms with Crippen LogP contribution in [0, 0.1) is 0 Å². The molecule has 0 rings (SSSR count). The molecule has 0 aliphatic heterocycles. The number of carbonyl (C=O) groups is 3. The Kier molecular flexibility index (Phi) is 16.8. The minimum atomic E-state index is -1.22. The van der Waals surface area contributed by atoms with Gasteiger partial charge < -0.3 is 15.3 Å². The molecule has 0 aromatic rings. The normalized spacial score (nSPS) is 11.8. The number of unbranched alkanes of at least 4 members (excludes halogenated alkanes) is 13. The van der Waals surface area contributed by atoms with Gasteiger partial charge >= 0.3 is 17.9 Å². The second-order valence-corrected chi connectivity index (χ2v) is 8.29. The molecule has 0 radical (unpaired) electrons. The number of quaternary nitrogens is 1. The zero-order valence-corrected chi connectivity index (χ0v) is 18.7. The van der Waals surface area contributed by atoms with E-state index in [1.165, 1.54) is 70.4 Å². The van der Waals surface area contributed by atoms with Gasteiger partial charge in [0.1, 0.15) is 0 Å². The van der Waals surface area contributed by atoms with E-state index < -0.39 is 42.0 Å². The highest BCUT2D eigenvalue weighted by molar-refractivity contribution is 5.73. The third-order valence-electron chi connectivity index (χ3n) is 5.25. The smallest absolute Gasteiger partial charge is 0.359 e. The first-order valence-electron chi connectivity index (χ1n) is 11.5. The molecule has 0 heterocycles. The van der Waals surface area contributed by atoms with Crippen LogP contribution >= 0.6 is 0 Å². The second-order valence-electron chi connectivity index (χ2n) is 8.29. The minimum absolute atomic E-state index is 0.562. The first-order chi connectivity index (χ1) is 14.3. The van der Waals surface area contributed by atoms with Gasteiger partial charge in [-0.05, 0) is 18.9 Å². The molecule has 0 unspecified atom stereocenters. The monoisotopic (exact) mass is 428 g/mol. The lowest BCUT2D eigenvalue weighted by Gasteiger charge is -2.29. The topological polar surface area (TPSA) is 112 Å². The van der Waals surface area contributed by atoms with Crippen LogP contribution in [-0.4, -0.2) is 57.3 Å². The number of carboxylic acid groups (broad SMARTS) is 3. The van der Waals surface area contributed by atoms with Crippen molar-refractivity contribution < 1.29 is 34.2 Å². The van der Waals surface area contributed by atoms with Crippen molar-refractivity contribution in [1.29, 1.82) is 0 Å². The van der Waals surface area contributed by atoms with Gasteiger partial charge in [0.15, 0.2) is 19.6 Å². The lowest BCUT2D eigenvalue weighted by molar-refractivity contribution is -0.857. The molecule has 7 nitrogen and oxygen atoms in total. The van der Waals surface area contributed by atoms with E-state index in [1.807, 2.05) is 0 Å². The van der Waals surface area contributed by atoms with Gasteiger partial charge in [-0.1, -0.05) is 84.0 Å². The van der Waals surface area contributed by atoms with Gasteiger partial charge in [0.2, 0.25) is 0 Å². The maximum atomic E-state index is 11.1. The quantitative estimate of drug-likeness (QED) is 0.174. The van der Waals surface area contributed by atoms with Crippen LogP contribution < -0.4 is 0 Å². The van der Waals surface area contributed by atoms with Crippen LogP contribution in [0.5, 0.6) is 0 Å². The SMILES string of the molecule is CCCCCCCCCCCCCCC/C=C/[N+](CC(=O)O)(CC(=O)O)CC(=O)O. The van der Waals surface area contributed by atoms with Crippen molar-refractivity contribution in [3.63, 3.8) is 0 Å². The Balaban J connectivity index is 4.01. The molecule has 0 aliphatic carbocycles. The first-order valence-corrected chi connectivity index (χ1v) is 11.5. The molecule has 0 aromatic heterocycles. The maximum absolute atomic E-state index is 11.1. The molecule has 0 saturated carbocycles. The fourth-order valence-corrected chi connectivity index (χ4v) is 3.71. The third-order valence-corrected chi connectivity index (χ3v) is 5.25. The number of carboxylic acids is 3. The maximum Gasteiger partial charge on any atom is 0.359 e. The molecule has 0 atom stereocenters. The molecule has 7 heteroatoms. The van der Waals surface area contributed by atoms with Gasteiger partial charge in [0, 0.05) is 0 Å². The molecule has 0 bridgehead atoms. The van der Waals surface area contributed by atoms with Crippen LogP contribution in [-0.2, 0) is 14.4 Å². The number of aliphatic carboxylic acids is 3. The molecule has 0 saturated heterocycles. The number of allylic oxidation sites excluding steroid dienone is 1. The molecular weight excluding hydrogens is 386 g/mol. The van der Waals surface area contributed by atoms with Crippen molar-refractivity contribution in [1.82, 2.24) is 0 Å². The highest BCUT2D eigenvalue weighted by atomic mass is 16.4. The van der Waals surface area contributed by atoms with E-state index in [4.69, 9.17) is 15.3 Å². The van der Waals surface area contributed by atoms with E-state index in [2.05, 4.69) is 6.92 Å². The molecule has 3 N–H and O–H groups in total. The van der Waals surface area contributed by atoms with E-state index >= 15 is 0 Å². The Morgan fingerprint density at radius 1 is 0.600 bits per heavy atom. The summed E-state index contributed by atoms with van der Waals surface area (Å²) in [7, 11) is 0. The lowest BCUT2D eigenvalue weighted by Crippen LogP contribution is -2.52. The van der Waals surface area contributed by atoms with Crippen LogP contribution in [0.15, 0.2) is 12.3 Å². The van der Waals surface area contributed by atoms with Crippen molar-refractivity contribution in [3.8, 4) is 0 Å². The number of hydrogen-bond donors (Lipinski definition) is 3. The minimum Gasteiger partial charge on any atom is -0.477 e. The fraction of sp³-hybridized carbons (Fsp3) is 0.783. The summed E-state index contributed by atoms with van der Waals surface area (Å²) in [6, 6.07) is 0. The zero-order chi connectivity index (χ0) is 22.7. The Morgan fingerprint density at radius 3 is 1.27 bits per heavy atom. The number of nitrogens with zero attached hydrogens (tertiary/aromatic N) is 1. The molecule has 30 heavy (non-hydrogen) atoms. The van der Waals surface area contributed by atoms with Gasteiger partial charge in [-0.2, -0.15) is 0 Å². The summed E-state index contributed by atoms with van der Waals surface area (Å²) in [5, 5.41) is 27.2. The average Bonchev–Trinajstić information content (AvgIpc) is 2.63. The van der Waals surface area contributed by atoms with E-state index in [0.29, 0.717) is 6.42 Å². The standard InChI is InChI=1S/C23H41NO6/c1-2-3-4-5-6-7-8-9-10-11-12-13-14-15-16-17-24(18-21(25)26,19-22(27)28)20-23(29)30/h16-17H,2-15,18-20H2,1H3,(H2-,25,26,27,28,29,30)/p+1/b17-16+. The predicted octanol–water partition coefficient (Wildman–Crippen LogP) is 5.05. The van der Waals surface area contributed by atoms with Crippen molar-refractivity contribution in [2.75, 3.05) is 19.6 Å². The van der Waals surface area contributed by atoms with E-state index in [9.17, 15) is 14.4 Å². The molecule has 0 fully saturated rings. The summed E-state index contributed by atoms with van der Waals surface area (Å²) >= 11 is 0. The van der Waals surface area contributed by atoms with Gasteiger partial charge in [-0.3, -0.25) is 4.48 Å². The summed E-state index contributed by atoms with van der Waals surface area (Å²) in [5.74, 6) is -3.66. The van der Waals surface area contributed by atoms with Gasteiger partial charge in [0.25, 0.3) is 0 Å². The average molecular weight is 429 g/mol. The summed E-state index contributed by atoms with van der Waals surface area (Å²) < 4.78 is -0.613. The molecular formula is C23H42NO6+. The van der Waals surface area contributed by atoms with Gasteiger partial charge in [-0.25, -0.2) is 14.4 Å². The highest BCUT2D eigenvalue weighted by Crippen LogP contribution is 2.14. The predicted molar refractivity (Wildman–Crippen MR) is 117 cm³/mol. The van der Waals surface area contributed by atoms with E-state index in [0.717, 1.165) is 19.3 Å². The number of rotatable bonds is 21. The van der Waals surface area contributed by atoms with Gasteiger partial charge in [0.05, 0.1) is 6.20 Å². The summed E-state index contributed by atoms with van der Waals surface area (Å²) in [5.41, 5.74) is 0. The third kappa shape index (κ3) is 17.0. The largest absolute Gasteiger partial charge is 0.477 e. The molecule has 0 aliphatic rings. The molecule has 174 valence electrons. The summed E-state index contributed by atoms with van der Waals surface area (Å²) in [6.07, 6.45) is 20.2. The van der Waals surface area contributed by atoms with Crippen LogP contribution in [0.2, 0.25) is 0 Å². The van der Waals surface area contributed by atoms with Crippen molar-refractivity contribution >= 4 is 17.9 Å². The summed E-state index contributed by atoms with van der Waals surface area (Å²) in [6.45, 7) is 0.552. The van der Waals surface area contributed by atoms with Crippen molar-refractivity contribution in [3.05, 3.63) is 12.3 Å². The fourth-order valence-electron chi connectivity index (χ4n) is 3.71. The molecule has 0 amide bonds. The van der Waals surface area contributed by atoms with E-state index in [1.54, 1.807) is 6.08 Å². The number of hydrogen-bond acceptors (Lipinski definition) is 3. The van der Waals surface area contributed by atoms with Crippen LogP contribution in [0.25, 0.3) is 0 Å². The first kappa shape index (κ1) is 28.1. The van der Waals surface area contributed by atoms with Crippen molar-refractivity contribution in [2.45, 2.75) is 96.8 Å². The van der Waals surface area contributed by atoms with Crippen LogP contribution in [0.4, 0.5) is 0 Å². The Hall–Kier alpha value is -1.89. The highest BCUT2D eigenvalue weighted by Gasteiger charge is 2.34. The van der Waals surface area contributed by atoms with Crippen molar-refractivity contribution in [2.24, 2.45) is 0 Å². The lowest BCUT2D eigenvalue weighted by atomic mass is 10.0. The van der Waals surface area contributed by atoms with E-state index in [-0.39, 0.29) is 0 Å². The van der Waals surface area contributed by atoms with Gasteiger partial charge in [-0.15, -0.1) is 0 Å². The van der Waals surface area contributed by atoms with Crippen LogP contribution in [0.1, 0.15) is 96.8 Å². The van der Waals surface area contributed by atoms with Crippen LogP contribution in [0.3, 0.4) is 0 Å². The summed E-state index contributed by atoms with van der Waals surface area (Å²) in [4.78, 5) is 33.3.